The first-order valence-corrected chi connectivity index (χ1v) is 5.93. The molecule has 1 saturated heterocycles. The van der Waals surface area contributed by atoms with Crippen molar-refractivity contribution in [2.75, 3.05) is 13.1 Å². The second-order valence-corrected chi connectivity index (χ2v) is 5.26. The lowest BCUT2D eigenvalue weighted by Gasteiger charge is -2.23. The van der Waals surface area contributed by atoms with Crippen LogP contribution in [0.4, 0.5) is 0 Å². The van der Waals surface area contributed by atoms with E-state index in [4.69, 9.17) is 0 Å². The van der Waals surface area contributed by atoms with Crippen molar-refractivity contribution in [2.24, 2.45) is 0 Å². The summed E-state index contributed by atoms with van der Waals surface area (Å²) in [5.41, 5.74) is 1.43. The van der Waals surface area contributed by atoms with Gasteiger partial charge in [0.25, 0.3) is 0 Å². The van der Waals surface area contributed by atoms with Gasteiger partial charge in [0.1, 0.15) is 0 Å². The van der Waals surface area contributed by atoms with Crippen molar-refractivity contribution in [3.05, 3.63) is 16.1 Å². The molecule has 1 aromatic rings. The molecular formula is C10H17N3S. The van der Waals surface area contributed by atoms with Gasteiger partial charge in [-0.15, -0.1) is 11.3 Å². The Hall–Kier alpha value is -0.450. The number of aromatic nitrogens is 1. The van der Waals surface area contributed by atoms with E-state index in [0.29, 0.717) is 0 Å². The molecule has 0 aromatic carbocycles. The summed E-state index contributed by atoms with van der Waals surface area (Å²) in [6, 6.07) is 0. The van der Waals surface area contributed by atoms with Gasteiger partial charge in [0, 0.05) is 24.0 Å². The third-order valence-corrected chi connectivity index (χ3v) is 3.55. The Bertz CT molecular complexity index is 302. The molecular weight excluding hydrogens is 194 g/mol. The predicted octanol–water partition coefficient (Wildman–Crippen LogP) is 1.29. The van der Waals surface area contributed by atoms with E-state index >= 15 is 0 Å². The zero-order chi connectivity index (χ0) is 10.0. The summed E-state index contributed by atoms with van der Waals surface area (Å²) in [5, 5.41) is 10.2. The fourth-order valence-electron chi connectivity index (χ4n) is 1.76. The lowest BCUT2D eigenvalue weighted by molar-refractivity contribution is 0.383. The van der Waals surface area contributed by atoms with E-state index in [1.54, 1.807) is 11.3 Å². The van der Waals surface area contributed by atoms with Crippen LogP contribution in [0.25, 0.3) is 0 Å². The van der Waals surface area contributed by atoms with Crippen molar-refractivity contribution in [1.82, 2.24) is 15.6 Å². The van der Waals surface area contributed by atoms with E-state index < -0.39 is 0 Å². The third-order valence-electron chi connectivity index (χ3n) is 2.73. The fourth-order valence-corrected chi connectivity index (χ4v) is 2.37. The number of hydrogen-bond donors (Lipinski definition) is 2. The minimum atomic E-state index is 0.261. The van der Waals surface area contributed by atoms with Crippen LogP contribution >= 0.6 is 11.3 Å². The van der Waals surface area contributed by atoms with Crippen molar-refractivity contribution in [3.8, 4) is 0 Å². The van der Waals surface area contributed by atoms with Gasteiger partial charge < -0.3 is 10.6 Å². The molecule has 1 aliphatic heterocycles. The first-order valence-electron chi connectivity index (χ1n) is 5.05. The first-order chi connectivity index (χ1) is 6.68. The minimum absolute atomic E-state index is 0.261. The monoisotopic (exact) mass is 211 g/mol. The fraction of sp³-hybridized carbons (Fsp3) is 0.700. The normalized spacial score (nSPS) is 27.0. The molecule has 1 unspecified atom stereocenters. The Morgan fingerprint density at radius 2 is 2.57 bits per heavy atom. The van der Waals surface area contributed by atoms with Crippen LogP contribution in [0, 0.1) is 6.92 Å². The van der Waals surface area contributed by atoms with Crippen LogP contribution in [-0.2, 0) is 6.54 Å². The average Bonchev–Trinajstić information content (AvgIpc) is 2.73. The molecule has 0 bridgehead atoms. The number of thiazole rings is 1. The molecule has 1 atom stereocenters. The molecule has 4 heteroatoms. The maximum atomic E-state index is 4.44. The highest BCUT2D eigenvalue weighted by molar-refractivity contribution is 7.09. The number of rotatable bonds is 3. The maximum Gasteiger partial charge on any atom is 0.0897 e. The van der Waals surface area contributed by atoms with Gasteiger partial charge in [0.15, 0.2) is 0 Å². The SMILES string of the molecule is Cc1nc(CNC2(C)CCNC2)cs1. The van der Waals surface area contributed by atoms with Crippen LogP contribution in [0.2, 0.25) is 0 Å². The molecule has 78 valence electrons. The standard InChI is InChI=1S/C10H17N3S/c1-8-13-9(6-14-8)5-12-10(2)3-4-11-7-10/h6,11-12H,3-5,7H2,1-2H3. The largest absolute Gasteiger partial charge is 0.315 e. The predicted molar refractivity (Wildman–Crippen MR) is 59.6 cm³/mol. The number of nitrogens with one attached hydrogen (secondary N) is 2. The molecule has 2 N–H and O–H groups in total. The molecule has 2 rings (SSSR count). The summed E-state index contributed by atoms with van der Waals surface area (Å²) in [4.78, 5) is 4.44. The van der Waals surface area contributed by atoms with E-state index in [2.05, 4.69) is 27.9 Å². The van der Waals surface area contributed by atoms with Crippen molar-refractivity contribution < 1.29 is 0 Å². The van der Waals surface area contributed by atoms with Gasteiger partial charge >= 0.3 is 0 Å². The van der Waals surface area contributed by atoms with Gasteiger partial charge in [0.05, 0.1) is 10.7 Å². The van der Waals surface area contributed by atoms with Gasteiger partial charge in [0.2, 0.25) is 0 Å². The lowest BCUT2D eigenvalue weighted by Crippen LogP contribution is -2.43. The van der Waals surface area contributed by atoms with Gasteiger partial charge in [-0.25, -0.2) is 4.98 Å². The van der Waals surface area contributed by atoms with Crippen LogP contribution in [0.3, 0.4) is 0 Å². The summed E-state index contributed by atoms with van der Waals surface area (Å²) in [6.45, 7) is 7.40. The average molecular weight is 211 g/mol. The van der Waals surface area contributed by atoms with Crippen LogP contribution < -0.4 is 10.6 Å². The van der Waals surface area contributed by atoms with E-state index in [1.165, 1.54) is 12.1 Å². The molecule has 1 aliphatic rings. The molecule has 14 heavy (non-hydrogen) atoms. The van der Waals surface area contributed by atoms with E-state index in [9.17, 15) is 0 Å². The second kappa shape index (κ2) is 3.96. The van der Waals surface area contributed by atoms with Crippen LogP contribution in [0.1, 0.15) is 24.0 Å². The van der Waals surface area contributed by atoms with Crippen LogP contribution in [0.5, 0.6) is 0 Å². The summed E-state index contributed by atoms with van der Waals surface area (Å²) in [5.74, 6) is 0. The zero-order valence-electron chi connectivity index (χ0n) is 8.76. The van der Waals surface area contributed by atoms with Gasteiger partial charge in [-0.05, 0) is 26.8 Å². The zero-order valence-corrected chi connectivity index (χ0v) is 9.58. The molecule has 1 fully saturated rings. The van der Waals surface area contributed by atoms with Crippen molar-refractivity contribution >= 4 is 11.3 Å². The third kappa shape index (κ3) is 2.32. The second-order valence-electron chi connectivity index (χ2n) is 4.20. The summed E-state index contributed by atoms with van der Waals surface area (Å²) >= 11 is 1.72. The quantitative estimate of drug-likeness (QED) is 0.791. The molecule has 0 saturated carbocycles. The topological polar surface area (TPSA) is 37.0 Å². The Morgan fingerprint density at radius 1 is 1.71 bits per heavy atom. The summed E-state index contributed by atoms with van der Waals surface area (Å²) < 4.78 is 0. The molecule has 0 spiro atoms. The summed E-state index contributed by atoms with van der Waals surface area (Å²) in [7, 11) is 0. The van der Waals surface area contributed by atoms with E-state index in [0.717, 1.165) is 24.6 Å². The minimum Gasteiger partial charge on any atom is -0.315 e. The molecule has 2 heterocycles. The first kappa shape index (κ1) is 10.1. The maximum absolute atomic E-state index is 4.44. The van der Waals surface area contributed by atoms with Crippen LogP contribution in [-0.4, -0.2) is 23.6 Å². The van der Waals surface area contributed by atoms with Gasteiger partial charge in [-0.1, -0.05) is 0 Å². The summed E-state index contributed by atoms with van der Waals surface area (Å²) in [6.07, 6.45) is 1.20. The van der Waals surface area contributed by atoms with E-state index in [1.807, 2.05) is 6.92 Å². The Labute approximate surface area is 88.9 Å². The highest BCUT2D eigenvalue weighted by atomic mass is 32.1. The number of aryl methyl sites for hydroxylation is 1. The lowest BCUT2D eigenvalue weighted by atomic mass is 10.0. The van der Waals surface area contributed by atoms with Gasteiger partial charge in [-0.2, -0.15) is 0 Å². The smallest absolute Gasteiger partial charge is 0.0897 e. The van der Waals surface area contributed by atoms with Crippen molar-refractivity contribution in [1.29, 1.82) is 0 Å². The van der Waals surface area contributed by atoms with E-state index in [-0.39, 0.29) is 5.54 Å². The van der Waals surface area contributed by atoms with Crippen molar-refractivity contribution in [2.45, 2.75) is 32.4 Å². The Balaban J connectivity index is 1.87. The Morgan fingerprint density at radius 3 is 3.14 bits per heavy atom. The van der Waals surface area contributed by atoms with Crippen molar-refractivity contribution in [3.63, 3.8) is 0 Å². The highest BCUT2D eigenvalue weighted by Crippen LogP contribution is 2.15. The molecule has 0 amide bonds. The van der Waals surface area contributed by atoms with Crippen LogP contribution in [0.15, 0.2) is 5.38 Å². The number of hydrogen-bond acceptors (Lipinski definition) is 4. The Kier molecular flexibility index (Phi) is 2.85. The molecule has 0 radical (unpaired) electrons. The molecule has 1 aromatic heterocycles. The number of nitrogens with zero attached hydrogens (tertiary/aromatic N) is 1. The highest BCUT2D eigenvalue weighted by Gasteiger charge is 2.27. The molecule has 0 aliphatic carbocycles. The van der Waals surface area contributed by atoms with Gasteiger partial charge in [-0.3, -0.25) is 0 Å². The molecule has 3 nitrogen and oxygen atoms in total.